The number of aliphatic carboxylic acids is 1. The Kier molecular flexibility index (Phi) is 6.77. The van der Waals surface area contributed by atoms with Crippen molar-refractivity contribution in [3.63, 3.8) is 0 Å². The first kappa shape index (κ1) is 20.2. The predicted molar refractivity (Wildman–Crippen MR) is 98.3 cm³/mol. The van der Waals surface area contributed by atoms with Crippen LogP contribution in [0, 0.1) is 23.1 Å². The average molecular weight is 374 g/mol. The maximum Gasteiger partial charge on any atom is 0.326 e. The van der Waals surface area contributed by atoms with Crippen LogP contribution in [0.15, 0.2) is 36.0 Å². The number of benzene rings is 1. The lowest BCUT2D eigenvalue weighted by molar-refractivity contribution is -0.140. The molecular formula is C19H23FN4O3. The largest absolute Gasteiger partial charge is 0.480 e. The highest BCUT2D eigenvalue weighted by molar-refractivity contribution is 5.97. The summed E-state index contributed by atoms with van der Waals surface area (Å²) in [5.74, 6) is -1.98. The molecule has 1 heterocycles. The molecule has 1 fully saturated rings. The summed E-state index contributed by atoms with van der Waals surface area (Å²) >= 11 is 0. The molecule has 1 atom stereocenters. The summed E-state index contributed by atoms with van der Waals surface area (Å²) in [6.07, 6.45) is 1.19. The maximum absolute atomic E-state index is 13.0. The van der Waals surface area contributed by atoms with Gasteiger partial charge in [-0.1, -0.05) is 13.8 Å². The minimum absolute atomic E-state index is 0.128. The van der Waals surface area contributed by atoms with Gasteiger partial charge in [0.05, 0.1) is 0 Å². The Labute approximate surface area is 157 Å². The number of carboxylic acid groups (broad SMARTS) is 1. The average Bonchev–Trinajstić information content (AvgIpc) is 2.65. The third-order valence-corrected chi connectivity index (χ3v) is 4.45. The number of carbonyl (C=O) groups excluding carboxylic acids is 1. The van der Waals surface area contributed by atoms with E-state index in [0.717, 1.165) is 5.69 Å². The standard InChI is InChI=1S/C19H23FN4O3/c1-13(2)17(19(26)27)22-12-14(11-21)18(25)24-9-7-23(8-10-24)16-5-3-15(20)4-6-16/h3-6,12-13,17,22H,7-10H2,1-2H3,(H,26,27)/b14-12-. The molecule has 144 valence electrons. The van der Waals surface area contributed by atoms with Crippen LogP contribution in [0.3, 0.4) is 0 Å². The molecule has 0 bridgehead atoms. The first-order chi connectivity index (χ1) is 12.8. The van der Waals surface area contributed by atoms with E-state index in [4.69, 9.17) is 0 Å². The van der Waals surface area contributed by atoms with Crippen molar-refractivity contribution in [1.82, 2.24) is 10.2 Å². The summed E-state index contributed by atoms with van der Waals surface area (Å²) in [5, 5.41) is 21.1. The summed E-state index contributed by atoms with van der Waals surface area (Å²) in [6.45, 7) is 5.44. The van der Waals surface area contributed by atoms with E-state index < -0.39 is 17.9 Å². The van der Waals surface area contributed by atoms with Crippen molar-refractivity contribution >= 4 is 17.6 Å². The van der Waals surface area contributed by atoms with Crippen molar-refractivity contribution in [2.45, 2.75) is 19.9 Å². The second kappa shape index (κ2) is 9.03. The molecule has 27 heavy (non-hydrogen) atoms. The second-order valence-corrected chi connectivity index (χ2v) is 6.65. The van der Waals surface area contributed by atoms with Crippen LogP contribution >= 0.6 is 0 Å². The van der Waals surface area contributed by atoms with Crippen LogP contribution in [-0.2, 0) is 9.59 Å². The minimum atomic E-state index is -1.04. The van der Waals surface area contributed by atoms with Crippen LogP contribution in [0.5, 0.6) is 0 Å². The molecule has 1 amide bonds. The molecule has 0 spiro atoms. The molecule has 0 saturated carbocycles. The quantitative estimate of drug-likeness (QED) is 0.580. The van der Waals surface area contributed by atoms with Gasteiger partial charge < -0.3 is 20.2 Å². The highest BCUT2D eigenvalue weighted by atomic mass is 19.1. The molecule has 2 N–H and O–H groups in total. The first-order valence-electron chi connectivity index (χ1n) is 8.72. The number of nitrogens with one attached hydrogen (secondary N) is 1. The molecule has 2 rings (SSSR count). The van der Waals surface area contributed by atoms with Gasteiger partial charge in [-0.15, -0.1) is 0 Å². The van der Waals surface area contributed by atoms with Crippen molar-refractivity contribution in [2.24, 2.45) is 5.92 Å². The smallest absolute Gasteiger partial charge is 0.326 e. The molecule has 1 aliphatic rings. The Morgan fingerprint density at radius 3 is 2.30 bits per heavy atom. The molecule has 1 saturated heterocycles. The Bertz CT molecular complexity index is 747. The molecule has 8 heteroatoms. The lowest BCUT2D eigenvalue weighted by atomic mass is 10.1. The third-order valence-electron chi connectivity index (χ3n) is 4.45. The van der Waals surface area contributed by atoms with E-state index in [0.29, 0.717) is 26.2 Å². The molecular weight excluding hydrogens is 351 g/mol. The van der Waals surface area contributed by atoms with E-state index in [1.807, 2.05) is 11.0 Å². The Balaban J connectivity index is 1.98. The van der Waals surface area contributed by atoms with Crippen molar-refractivity contribution < 1.29 is 19.1 Å². The lowest BCUT2D eigenvalue weighted by Crippen LogP contribution is -2.49. The number of piperazine rings is 1. The van der Waals surface area contributed by atoms with Gasteiger partial charge in [0.15, 0.2) is 0 Å². The van der Waals surface area contributed by atoms with Crippen LogP contribution in [0.25, 0.3) is 0 Å². The van der Waals surface area contributed by atoms with Crippen LogP contribution < -0.4 is 10.2 Å². The van der Waals surface area contributed by atoms with E-state index in [1.54, 1.807) is 30.9 Å². The zero-order valence-corrected chi connectivity index (χ0v) is 15.4. The fraction of sp³-hybridized carbons (Fsp3) is 0.421. The lowest BCUT2D eigenvalue weighted by Gasteiger charge is -2.36. The van der Waals surface area contributed by atoms with Crippen molar-refractivity contribution in [3.8, 4) is 6.07 Å². The van der Waals surface area contributed by atoms with Crippen LogP contribution in [0.2, 0.25) is 0 Å². The number of nitrogens with zero attached hydrogens (tertiary/aromatic N) is 3. The fourth-order valence-electron chi connectivity index (χ4n) is 2.85. The van der Waals surface area contributed by atoms with E-state index in [-0.39, 0.29) is 17.3 Å². The van der Waals surface area contributed by atoms with Gasteiger partial charge in [0, 0.05) is 38.1 Å². The number of carbonyl (C=O) groups is 2. The number of hydrogen-bond acceptors (Lipinski definition) is 5. The van der Waals surface area contributed by atoms with Crippen molar-refractivity contribution in [3.05, 3.63) is 41.9 Å². The van der Waals surface area contributed by atoms with Gasteiger partial charge in [-0.25, -0.2) is 9.18 Å². The molecule has 1 aromatic rings. The number of carboxylic acids is 1. The normalized spacial score (nSPS) is 16.0. The summed E-state index contributed by atoms with van der Waals surface area (Å²) in [7, 11) is 0. The predicted octanol–water partition coefficient (Wildman–Crippen LogP) is 1.58. The zero-order chi connectivity index (χ0) is 20.0. The Morgan fingerprint density at radius 2 is 1.81 bits per heavy atom. The van der Waals surface area contributed by atoms with Gasteiger partial charge in [-0.3, -0.25) is 4.79 Å². The summed E-state index contributed by atoms with van der Waals surface area (Å²) in [6, 6.07) is 7.12. The van der Waals surface area contributed by atoms with E-state index >= 15 is 0 Å². The molecule has 7 nitrogen and oxygen atoms in total. The molecule has 0 aromatic heterocycles. The number of anilines is 1. The van der Waals surface area contributed by atoms with Gasteiger partial charge >= 0.3 is 5.97 Å². The van der Waals surface area contributed by atoms with Gasteiger partial charge in [-0.2, -0.15) is 5.26 Å². The second-order valence-electron chi connectivity index (χ2n) is 6.65. The van der Waals surface area contributed by atoms with Gasteiger partial charge in [-0.05, 0) is 30.2 Å². The van der Waals surface area contributed by atoms with Crippen molar-refractivity contribution in [1.29, 1.82) is 5.26 Å². The van der Waals surface area contributed by atoms with Crippen LogP contribution in [0.4, 0.5) is 10.1 Å². The molecule has 1 aromatic carbocycles. The monoisotopic (exact) mass is 374 g/mol. The van der Waals surface area contributed by atoms with Gasteiger partial charge in [0.1, 0.15) is 23.5 Å². The Morgan fingerprint density at radius 1 is 1.22 bits per heavy atom. The summed E-state index contributed by atoms with van der Waals surface area (Å²) in [5.41, 5.74) is 0.750. The van der Waals surface area contributed by atoms with Crippen molar-refractivity contribution in [2.75, 3.05) is 31.1 Å². The minimum Gasteiger partial charge on any atom is -0.480 e. The molecule has 1 unspecified atom stereocenters. The van der Waals surface area contributed by atoms with E-state index in [9.17, 15) is 24.3 Å². The summed E-state index contributed by atoms with van der Waals surface area (Å²) < 4.78 is 13.0. The SMILES string of the molecule is CC(C)C(N/C=C(/C#N)C(=O)N1CCN(c2ccc(F)cc2)CC1)C(=O)O. The molecule has 0 radical (unpaired) electrons. The Hall–Kier alpha value is -3.08. The van der Waals surface area contributed by atoms with Gasteiger partial charge in [0.25, 0.3) is 5.91 Å². The fourth-order valence-corrected chi connectivity index (χ4v) is 2.85. The molecule has 1 aliphatic heterocycles. The number of hydrogen-bond donors (Lipinski definition) is 2. The van der Waals surface area contributed by atoms with E-state index in [2.05, 4.69) is 5.32 Å². The number of rotatable bonds is 6. The maximum atomic E-state index is 13.0. The van der Waals surface area contributed by atoms with E-state index in [1.165, 1.54) is 18.3 Å². The summed E-state index contributed by atoms with van der Waals surface area (Å²) in [4.78, 5) is 27.4. The molecule has 0 aliphatic carbocycles. The van der Waals surface area contributed by atoms with Crippen LogP contribution in [-0.4, -0.2) is 54.1 Å². The number of amides is 1. The number of nitriles is 1. The number of halogens is 1. The van der Waals surface area contributed by atoms with Crippen LogP contribution in [0.1, 0.15) is 13.8 Å². The highest BCUT2D eigenvalue weighted by Crippen LogP contribution is 2.17. The zero-order valence-electron chi connectivity index (χ0n) is 15.4. The van der Waals surface area contributed by atoms with Gasteiger partial charge in [0.2, 0.25) is 0 Å². The topological polar surface area (TPSA) is 96.7 Å². The first-order valence-corrected chi connectivity index (χ1v) is 8.72. The third kappa shape index (κ3) is 5.20. The highest BCUT2D eigenvalue weighted by Gasteiger charge is 2.25.